The zero-order chi connectivity index (χ0) is 33.1. The van der Waals surface area contributed by atoms with Crippen molar-refractivity contribution >= 4 is 35.4 Å². The van der Waals surface area contributed by atoms with E-state index >= 15 is 0 Å². The highest BCUT2D eigenvalue weighted by Gasteiger charge is 2.18. The molecule has 0 aliphatic heterocycles. The predicted molar refractivity (Wildman–Crippen MR) is 176 cm³/mol. The molecule has 0 fully saturated rings. The number of anilines is 1. The number of carbonyl (C=O) groups excluding carboxylic acids is 3. The van der Waals surface area contributed by atoms with E-state index < -0.39 is 11.8 Å². The van der Waals surface area contributed by atoms with Gasteiger partial charge >= 0.3 is 0 Å². The van der Waals surface area contributed by atoms with E-state index in [1.54, 1.807) is 105 Å². The molecule has 236 valence electrons. The van der Waals surface area contributed by atoms with E-state index in [2.05, 4.69) is 10.6 Å². The Morgan fingerprint density at radius 2 is 1.24 bits per heavy atom. The van der Waals surface area contributed by atoms with Crippen molar-refractivity contribution in [1.29, 1.82) is 0 Å². The molecule has 0 bridgehead atoms. The average Bonchev–Trinajstić information content (AvgIpc) is 3.10. The van der Waals surface area contributed by atoms with Gasteiger partial charge in [0, 0.05) is 40.1 Å². The van der Waals surface area contributed by atoms with Gasteiger partial charge in [-0.05, 0) is 72.8 Å². The largest absolute Gasteiger partial charge is 0.497 e. The van der Waals surface area contributed by atoms with E-state index in [0.717, 1.165) is 0 Å². The maximum absolute atomic E-state index is 13.6. The van der Waals surface area contributed by atoms with Gasteiger partial charge in [-0.2, -0.15) is 0 Å². The summed E-state index contributed by atoms with van der Waals surface area (Å²) in [7, 11) is 7.57. The molecule has 0 spiro atoms. The Kier molecular flexibility index (Phi) is 11.2. The van der Waals surface area contributed by atoms with Gasteiger partial charge in [0.25, 0.3) is 11.8 Å². The Morgan fingerprint density at radius 3 is 1.87 bits per heavy atom. The molecule has 10 nitrogen and oxygen atoms in total. The molecule has 0 heterocycles. The molecule has 0 atom stereocenters. The zero-order valence-electron chi connectivity index (χ0n) is 26.1. The Balaban J connectivity index is 1.58. The number of ether oxygens (including phenoxy) is 5. The average molecular weight is 623 g/mol. The van der Waals surface area contributed by atoms with Crippen LogP contribution in [0.3, 0.4) is 0 Å². The third-order valence-electron chi connectivity index (χ3n) is 6.85. The van der Waals surface area contributed by atoms with Gasteiger partial charge < -0.3 is 34.3 Å². The minimum atomic E-state index is -0.605. The molecule has 4 aromatic carbocycles. The standard InChI is InChI=1S/C36H34N2O8/c1-42-28-17-13-24(31(21-28)43-2)14-18-30(39)23-11-15-27(16-12-23)37-36(41)29(38-35(40)25-9-7-6-8-10-25)19-26-20-33(45-4)34(46-5)22-32(26)44-3/h6-22H,1-5H3,(H,37,41)(H,38,40)/b18-14+,29-19-. The van der Waals surface area contributed by atoms with Gasteiger partial charge in [0.15, 0.2) is 17.3 Å². The summed E-state index contributed by atoms with van der Waals surface area (Å²) in [5.74, 6) is 1.10. The van der Waals surface area contributed by atoms with Gasteiger partial charge in [-0.3, -0.25) is 14.4 Å². The van der Waals surface area contributed by atoms with Gasteiger partial charge in [0.1, 0.15) is 22.9 Å². The lowest BCUT2D eigenvalue weighted by atomic mass is 10.1. The summed E-state index contributed by atoms with van der Waals surface area (Å²) in [5.41, 5.74) is 2.29. The van der Waals surface area contributed by atoms with Gasteiger partial charge in [0.2, 0.25) is 0 Å². The summed E-state index contributed by atoms with van der Waals surface area (Å²) >= 11 is 0. The minimum absolute atomic E-state index is 0.0594. The quantitative estimate of drug-likeness (QED) is 0.137. The molecule has 2 N–H and O–H groups in total. The number of rotatable bonds is 13. The monoisotopic (exact) mass is 622 g/mol. The third kappa shape index (κ3) is 8.11. The number of amides is 2. The Bertz CT molecular complexity index is 1760. The summed E-state index contributed by atoms with van der Waals surface area (Å²) in [6.45, 7) is 0. The van der Waals surface area contributed by atoms with Crippen molar-refractivity contribution in [2.45, 2.75) is 0 Å². The number of carbonyl (C=O) groups is 3. The lowest BCUT2D eigenvalue weighted by molar-refractivity contribution is -0.113. The summed E-state index contributed by atoms with van der Waals surface area (Å²) in [6, 6.07) is 23.4. The van der Waals surface area contributed by atoms with Crippen molar-refractivity contribution in [3.63, 3.8) is 0 Å². The van der Waals surface area contributed by atoms with E-state index in [9.17, 15) is 14.4 Å². The lowest BCUT2D eigenvalue weighted by Gasteiger charge is -2.15. The predicted octanol–water partition coefficient (Wildman–Crippen LogP) is 6.04. The first kappa shape index (κ1) is 32.9. The highest BCUT2D eigenvalue weighted by atomic mass is 16.5. The number of hydrogen-bond donors (Lipinski definition) is 2. The number of methoxy groups -OCH3 is 5. The first-order chi connectivity index (χ1) is 22.3. The maximum Gasteiger partial charge on any atom is 0.272 e. The summed E-state index contributed by atoms with van der Waals surface area (Å²) in [4.78, 5) is 39.5. The molecule has 0 aliphatic carbocycles. The van der Waals surface area contributed by atoms with E-state index in [1.807, 2.05) is 0 Å². The smallest absolute Gasteiger partial charge is 0.272 e. The third-order valence-corrected chi connectivity index (χ3v) is 6.85. The molecular formula is C36H34N2O8. The molecule has 0 radical (unpaired) electrons. The number of benzene rings is 4. The van der Waals surface area contributed by atoms with Crippen LogP contribution in [-0.4, -0.2) is 53.1 Å². The molecule has 0 unspecified atom stereocenters. The summed E-state index contributed by atoms with van der Waals surface area (Å²) < 4.78 is 26.9. The molecule has 10 heteroatoms. The van der Waals surface area contributed by atoms with Crippen LogP contribution in [0.1, 0.15) is 31.8 Å². The molecule has 2 amide bonds. The van der Waals surface area contributed by atoms with Crippen molar-refractivity contribution in [2.75, 3.05) is 40.9 Å². The van der Waals surface area contributed by atoms with Crippen LogP contribution in [0.2, 0.25) is 0 Å². The van der Waals surface area contributed by atoms with Crippen LogP contribution in [0.15, 0.2) is 96.7 Å². The van der Waals surface area contributed by atoms with Crippen LogP contribution in [0.5, 0.6) is 28.7 Å². The van der Waals surface area contributed by atoms with Crippen LogP contribution in [-0.2, 0) is 4.79 Å². The molecule has 0 saturated heterocycles. The van der Waals surface area contributed by atoms with Crippen LogP contribution >= 0.6 is 0 Å². The fourth-order valence-corrected chi connectivity index (χ4v) is 4.40. The van der Waals surface area contributed by atoms with Gasteiger partial charge in [-0.25, -0.2) is 0 Å². The van der Waals surface area contributed by atoms with Gasteiger partial charge in [0.05, 0.1) is 35.5 Å². The van der Waals surface area contributed by atoms with Crippen molar-refractivity contribution < 1.29 is 38.1 Å². The Hall–Kier alpha value is -6.03. The SMILES string of the molecule is COc1ccc(/C=C/C(=O)c2ccc(NC(=O)/C(=C/c3cc(OC)c(OC)cc3OC)NC(=O)c3ccccc3)cc2)c(OC)c1. The highest BCUT2D eigenvalue weighted by Crippen LogP contribution is 2.35. The van der Waals surface area contributed by atoms with Crippen LogP contribution in [0.25, 0.3) is 12.2 Å². The maximum atomic E-state index is 13.6. The fourth-order valence-electron chi connectivity index (χ4n) is 4.40. The number of hydrogen-bond acceptors (Lipinski definition) is 8. The first-order valence-electron chi connectivity index (χ1n) is 14.0. The van der Waals surface area contributed by atoms with E-state index in [-0.39, 0.29) is 11.5 Å². The van der Waals surface area contributed by atoms with E-state index in [1.165, 1.54) is 33.5 Å². The van der Waals surface area contributed by atoms with Crippen LogP contribution < -0.4 is 34.3 Å². The number of allylic oxidation sites excluding steroid dienone is 1. The summed E-state index contributed by atoms with van der Waals surface area (Å²) in [6.07, 6.45) is 4.58. The zero-order valence-corrected chi connectivity index (χ0v) is 26.1. The fraction of sp³-hybridized carbons (Fsp3) is 0.139. The molecular weight excluding hydrogens is 588 g/mol. The Morgan fingerprint density at radius 1 is 0.609 bits per heavy atom. The topological polar surface area (TPSA) is 121 Å². The van der Waals surface area contributed by atoms with E-state index in [0.29, 0.717) is 56.7 Å². The molecule has 0 aromatic heterocycles. The van der Waals surface area contributed by atoms with Crippen LogP contribution in [0, 0.1) is 0 Å². The lowest BCUT2D eigenvalue weighted by Crippen LogP contribution is -2.30. The molecule has 4 rings (SSSR count). The van der Waals surface area contributed by atoms with Crippen molar-refractivity contribution in [2.24, 2.45) is 0 Å². The summed E-state index contributed by atoms with van der Waals surface area (Å²) in [5, 5.41) is 5.48. The molecule has 0 saturated carbocycles. The second-order valence-corrected chi connectivity index (χ2v) is 9.66. The normalized spacial score (nSPS) is 11.0. The second kappa shape index (κ2) is 15.6. The Labute approximate surface area is 267 Å². The number of ketones is 1. The highest BCUT2D eigenvalue weighted by molar-refractivity contribution is 6.11. The first-order valence-corrected chi connectivity index (χ1v) is 14.0. The molecule has 4 aromatic rings. The molecule has 46 heavy (non-hydrogen) atoms. The van der Waals surface area contributed by atoms with Crippen LogP contribution in [0.4, 0.5) is 5.69 Å². The van der Waals surface area contributed by atoms with Gasteiger partial charge in [-0.1, -0.05) is 18.2 Å². The number of nitrogens with one attached hydrogen (secondary N) is 2. The van der Waals surface area contributed by atoms with Gasteiger partial charge in [-0.15, -0.1) is 0 Å². The minimum Gasteiger partial charge on any atom is -0.497 e. The van der Waals surface area contributed by atoms with Crippen molar-refractivity contribution in [3.8, 4) is 28.7 Å². The van der Waals surface area contributed by atoms with E-state index in [4.69, 9.17) is 23.7 Å². The van der Waals surface area contributed by atoms with Crippen molar-refractivity contribution in [1.82, 2.24) is 5.32 Å². The second-order valence-electron chi connectivity index (χ2n) is 9.66. The molecule has 0 aliphatic rings. The van der Waals surface area contributed by atoms with Crippen molar-refractivity contribution in [3.05, 3.63) is 119 Å².